The minimum atomic E-state index is -3.95. The standard InChI is InChI=1S/C44H52F2N6O5S/c1-57-41(54)48-39-11-4-10-38(39)44(30-50-20-5-21-50,33-7-3-8-34(45)25-33)32-16-22-51(23-17-32)27-42(46)28-52(29-42)35-12-14-36(15-13-35)58(55,56)37-9-2-6-31(24-37)40(53)49-43(26-47)18-19-43/h2-3,6-9,12-15,24-25,32,38-39H,4-5,10-11,16-23,27-30H2,1H3,(H,48,54)(H,49,53)/t38-,39-,44-/m0/s1. The Kier molecular flexibility index (Phi) is 11.0. The summed E-state index contributed by atoms with van der Waals surface area (Å²) in [6.45, 7) is 4.87. The van der Waals surface area contributed by atoms with Crippen LogP contribution in [0.15, 0.2) is 82.6 Å². The maximum Gasteiger partial charge on any atom is 0.407 e. The maximum absolute atomic E-state index is 16.3. The topological polar surface area (TPSA) is 135 Å². The molecule has 3 aromatic carbocycles. The van der Waals surface area contributed by atoms with Crippen LogP contribution in [-0.2, 0) is 20.0 Å². The average molecular weight is 815 g/mol. The van der Waals surface area contributed by atoms with Crippen molar-refractivity contribution >= 4 is 27.5 Å². The molecule has 3 atom stereocenters. The van der Waals surface area contributed by atoms with E-state index in [0.29, 0.717) is 25.9 Å². The van der Waals surface area contributed by atoms with Gasteiger partial charge in [0.25, 0.3) is 5.91 Å². The van der Waals surface area contributed by atoms with Crippen LogP contribution in [0, 0.1) is 29.0 Å². The molecule has 3 aliphatic heterocycles. The second-order valence-electron chi connectivity index (χ2n) is 17.2. The Hall–Kier alpha value is -4.58. The third-order valence-corrected chi connectivity index (χ3v) is 15.2. The zero-order valence-corrected chi connectivity index (χ0v) is 33.8. The molecule has 8 rings (SSSR count). The van der Waals surface area contributed by atoms with Crippen molar-refractivity contribution in [1.82, 2.24) is 20.4 Å². The Labute approximate surface area is 339 Å². The number of anilines is 1. The molecule has 2 saturated carbocycles. The van der Waals surface area contributed by atoms with Gasteiger partial charge in [-0.3, -0.25) is 9.69 Å². The number of benzene rings is 3. The van der Waals surface area contributed by atoms with Crippen molar-refractivity contribution in [2.75, 3.05) is 64.4 Å². The summed E-state index contributed by atoms with van der Waals surface area (Å²) < 4.78 is 63.5. The first kappa shape index (κ1) is 40.2. The SMILES string of the molecule is COC(=O)N[C@H]1CCC[C@@H]1[C@](CN1CCC1)(c1cccc(F)c1)C1CCN(CC2(F)CN(c3ccc(S(=O)(=O)c4cccc(C(=O)NC5(C#N)CC5)c4)cc3)C2)CC1. The zero-order valence-electron chi connectivity index (χ0n) is 33.0. The van der Waals surface area contributed by atoms with Crippen LogP contribution in [0.5, 0.6) is 0 Å². The zero-order chi connectivity index (χ0) is 40.7. The predicted octanol–water partition coefficient (Wildman–Crippen LogP) is 5.85. The van der Waals surface area contributed by atoms with E-state index in [4.69, 9.17) is 4.74 Å². The number of piperidine rings is 1. The smallest absolute Gasteiger partial charge is 0.407 e. The van der Waals surface area contributed by atoms with E-state index in [1.165, 1.54) is 49.6 Å². The lowest BCUT2D eigenvalue weighted by atomic mass is 9.57. The van der Waals surface area contributed by atoms with Gasteiger partial charge in [-0.15, -0.1) is 0 Å². The minimum absolute atomic E-state index is 0.0279. The summed E-state index contributed by atoms with van der Waals surface area (Å²) in [6, 6.07) is 21.3. The highest BCUT2D eigenvalue weighted by atomic mass is 32.2. The summed E-state index contributed by atoms with van der Waals surface area (Å²) in [6.07, 6.45) is 6.21. The number of methoxy groups -OCH3 is 1. The molecule has 14 heteroatoms. The number of sulfone groups is 1. The number of likely N-dealkylation sites (tertiary alicyclic amines) is 2. The molecule has 58 heavy (non-hydrogen) atoms. The van der Waals surface area contributed by atoms with E-state index in [-0.39, 0.29) is 58.7 Å². The van der Waals surface area contributed by atoms with E-state index >= 15 is 8.78 Å². The van der Waals surface area contributed by atoms with Gasteiger partial charge in [-0.2, -0.15) is 5.26 Å². The molecule has 2 aliphatic carbocycles. The molecule has 0 aromatic heterocycles. The van der Waals surface area contributed by atoms with E-state index in [1.54, 1.807) is 24.3 Å². The number of amides is 2. The Balaban J connectivity index is 0.914. The molecule has 308 valence electrons. The molecule has 5 fully saturated rings. The van der Waals surface area contributed by atoms with Crippen LogP contribution in [0.3, 0.4) is 0 Å². The van der Waals surface area contributed by atoms with Crippen LogP contribution in [0.2, 0.25) is 0 Å². The summed E-state index contributed by atoms with van der Waals surface area (Å²) in [5.41, 5.74) is -0.826. The van der Waals surface area contributed by atoms with Gasteiger partial charge < -0.3 is 25.2 Å². The number of nitrogens with one attached hydrogen (secondary N) is 2. The fourth-order valence-corrected chi connectivity index (χ4v) is 11.4. The summed E-state index contributed by atoms with van der Waals surface area (Å²) >= 11 is 0. The van der Waals surface area contributed by atoms with Crippen LogP contribution in [0.25, 0.3) is 0 Å². The molecule has 3 aromatic rings. The van der Waals surface area contributed by atoms with Crippen LogP contribution < -0.4 is 15.5 Å². The molecule has 0 bridgehead atoms. The van der Waals surface area contributed by atoms with Gasteiger partial charge in [0.1, 0.15) is 11.4 Å². The first-order chi connectivity index (χ1) is 27.8. The number of hydrogen-bond donors (Lipinski definition) is 2. The molecule has 0 unspecified atom stereocenters. The largest absolute Gasteiger partial charge is 0.453 e. The van der Waals surface area contributed by atoms with Crippen molar-refractivity contribution in [1.29, 1.82) is 5.26 Å². The number of alkyl halides is 1. The molecule has 11 nitrogen and oxygen atoms in total. The Bertz CT molecular complexity index is 2160. The highest BCUT2D eigenvalue weighted by Crippen LogP contribution is 2.52. The molecule has 3 saturated heterocycles. The molecule has 0 spiro atoms. The Morgan fingerprint density at radius 3 is 2.28 bits per heavy atom. The van der Waals surface area contributed by atoms with Crippen molar-refractivity contribution in [2.45, 2.75) is 83.8 Å². The van der Waals surface area contributed by atoms with Gasteiger partial charge >= 0.3 is 6.09 Å². The number of ether oxygens (including phenoxy) is 1. The van der Waals surface area contributed by atoms with Gasteiger partial charge in [-0.1, -0.05) is 24.6 Å². The van der Waals surface area contributed by atoms with Gasteiger partial charge in [0, 0.05) is 35.8 Å². The normalized spacial score (nSPS) is 24.1. The van der Waals surface area contributed by atoms with Crippen LogP contribution in [0.1, 0.15) is 67.3 Å². The van der Waals surface area contributed by atoms with Crippen molar-refractivity contribution in [2.24, 2.45) is 11.8 Å². The summed E-state index contributed by atoms with van der Waals surface area (Å²) in [5, 5.41) is 15.2. The maximum atomic E-state index is 16.3. The minimum Gasteiger partial charge on any atom is -0.453 e. The molecular weight excluding hydrogens is 763 g/mol. The van der Waals surface area contributed by atoms with Gasteiger partial charge in [-0.05, 0) is 143 Å². The molecular formula is C44H52F2N6O5S. The second kappa shape index (κ2) is 15.9. The predicted molar refractivity (Wildman–Crippen MR) is 214 cm³/mol. The fraction of sp³-hybridized carbons (Fsp3) is 0.523. The third-order valence-electron chi connectivity index (χ3n) is 13.5. The number of halogens is 2. The molecule has 5 aliphatic rings. The number of carbonyl (C=O) groups excluding carboxylic acids is 2. The number of nitrogens with zero attached hydrogens (tertiary/aromatic N) is 4. The summed E-state index contributed by atoms with van der Waals surface area (Å²) in [4.78, 5) is 31.9. The van der Waals surface area contributed by atoms with E-state index < -0.39 is 38.5 Å². The van der Waals surface area contributed by atoms with E-state index in [0.717, 1.165) is 69.4 Å². The number of rotatable bonds is 13. The lowest BCUT2D eigenvalue weighted by Crippen LogP contribution is -2.65. The van der Waals surface area contributed by atoms with E-state index in [1.807, 2.05) is 4.90 Å². The first-order valence-electron chi connectivity index (χ1n) is 20.5. The second-order valence-corrected chi connectivity index (χ2v) is 19.1. The van der Waals surface area contributed by atoms with Crippen molar-refractivity contribution < 1.29 is 31.5 Å². The fourth-order valence-electron chi connectivity index (χ4n) is 10.1. The number of hydrogen-bond acceptors (Lipinski definition) is 9. The van der Waals surface area contributed by atoms with Gasteiger partial charge in [0.15, 0.2) is 5.67 Å². The molecule has 0 radical (unpaired) electrons. The number of nitriles is 1. The third kappa shape index (κ3) is 7.93. The molecule has 3 heterocycles. The lowest BCUT2D eigenvalue weighted by molar-refractivity contribution is 0.00584. The first-order valence-corrected chi connectivity index (χ1v) is 22.0. The van der Waals surface area contributed by atoms with Crippen LogP contribution in [0.4, 0.5) is 19.3 Å². The van der Waals surface area contributed by atoms with Crippen molar-refractivity contribution in [3.05, 3.63) is 89.7 Å². The lowest BCUT2D eigenvalue weighted by Gasteiger charge is -2.54. The summed E-state index contributed by atoms with van der Waals surface area (Å²) in [5.74, 6) is -0.451. The molecule has 2 N–H and O–H groups in total. The number of alkyl carbamates (subject to hydrolysis) is 1. The van der Waals surface area contributed by atoms with E-state index in [9.17, 15) is 23.3 Å². The average Bonchev–Trinajstić information content (AvgIpc) is 3.83. The van der Waals surface area contributed by atoms with Crippen molar-refractivity contribution in [3.8, 4) is 6.07 Å². The number of carbonyl (C=O) groups is 2. The van der Waals surface area contributed by atoms with E-state index in [2.05, 4.69) is 32.6 Å². The van der Waals surface area contributed by atoms with Crippen LogP contribution in [-0.4, -0.2) is 107 Å². The van der Waals surface area contributed by atoms with Gasteiger partial charge in [-0.25, -0.2) is 22.0 Å². The summed E-state index contributed by atoms with van der Waals surface area (Å²) in [7, 11) is -2.57. The highest BCUT2D eigenvalue weighted by Gasteiger charge is 2.54. The van der Waals surface area contributed by atoms with Gasteiger partial charge in [0.2, 0.25) is 9.84 Å². The Morgan fingerprint density at radius 1 is 0.914 bits per heavy atom. The van der Waals surface area contributed by atoms with Crippen LogP contribution >= 0.6 is 0 Å². The highest BCUT2D eigenvalue weighted by molar-refractivity contribution is 7.91. The van der Waals surface area contributed by atoms with Gasteiger partial charge in [0.05, 0.1) is 36.1 Å². The van der Waals surface area contributed by atoms with Crippen molar-refractivity contribution in [3.63, 3.8) is 0 Å². The Morgan fingerprint density at radius 2 is 1.64 bits per heavy atom. The monoisotopic (exact) mass is 814 g/mol. The molecule has 2 amide bonds. The quantitative estimate of drug-likeness (QED) is 0.218.